The molecular weight excluding hydrogens is 301 g/mol. The molecule has 1 aromatic carbocycles. The van der Waals surface area contributed by atoms with Crippen LogP contribution in [0.15, 0.2) is 18.2 Å². The van der Waals surface area contributed by atoms with Gasteiger partial charge in [0.15, 0.2) is 0 Å². The lowest BCUT2D eigenvalue weighted by molar-refractivity contribution is 0.00578. The normalized spacial score (nSPS) is 23.6. The standard InChI is InChI=1S/C19H30BNO3/c1-14-6-7-16(20-23-18(2,3)19(4,5)24-20)12-15(14)13-21-17-8-10-22-11-9-17/h6-7,12,17,21H,8-11,13H2,1-5H3. The number of hydrogen-bond donors (Lipinski definition) is 1. The Hall–Kier alpha value is -0.875. The topological polar surface area (TPSA) is 39.7 Å². The van der Waals surface area contributed by atoms with Crippen LogP contribution in [-0.2, 0) is 20.6 Å². The Morgan fingerprint density at radius 3 is 2.33 bits per heavy atom. The van der Waals surface area contributed by atoms with E-state index in [4.69, 9.17) is 14.0 Å². The number of benzene rings is 1. The summed E-state index contributed by atoms with van der Waals surface area (Å²) in [4.78, 5) is 0. The summed E-state index contributed by atoms with van der Waals surface area (Å²) in [5.41, 5.74) is 3.11. The fraction of sp³-hybridized carbons (Fsp3) is 0.684. The molecule has 0 bridgehead atoms. The predicted octanol–water partition coefficient (Wildman–Crippen LogP) is 2.56. The molecule has 4 nitrogen and oxygen atoms in total. The minimum Gasteiger partial charge on any atom is -0.399 e. The van der Waals surface area contributed by atoms with Crippen LogP contribution in [0, 0.1) is 6.92 Å². The van der Waals surface area contributed by atoms with Crippen LogP contribution in [0.1, 0.15) is 51.7 Å². The smallest absolute Gasteiger partial charge is 0.399 e. The van der Waals surface area contributed by atoms with Gasteiger partial charge in [-0.25, -0.2) is 0 Å². The molecule has 2 fully saturated rings. The molecule has 1 N–H and O–H groups in total. The zero-order valence-electron chi connectivity index (χ0n) is 15.6. The molecular formula is C19H30BNO3. The molecule has 3 rings (SSSR count). The Balaban J connectivity index is 1.70. The van der Waals surface area contributed by atoms with Crippen LogP contribution >= 0.6 is 0 Å². The highest BCUT2D eigenvalue weighted by Gasteiger charge is 2.51. The van der Waals surface area contributed by atoms with E-state index >= 15 is 0 Å². The molecule has 2 aliphatic rings. The first-order valence-corrected chi connectivity index (χ1v) is 9.05. The lowest BCUT2D eigenvalue weighted by atomic mass is 9.77. The molecule has 0 radical (unpaired) electrons. The van der Waals surface area contributed by atoms with Gasteiger partial charge in [0.1, 0.15) is 0 Å². The summed E-state index contributed by atoms with van der Waals surface area (Å²) in [5, 5.41) is 3.67. The predicted molar refractivity (Wildman–Crippen MR) is 97.6 cm³/mol. The van der Waals surface area contributed by atoms with Crippen LogP contribution in [0.25, 0.3) is 0 Å². The Morgan fingerprint density at radius 2 is 1.71 bits per heavy atom. The largest absolute Gasteiger partial charge is 0.494 e. The molecule has 132 valence electrons. The molecule has 0 aliphatic carbocycles. The second kappa shape index (κ2) is 6.79. The highest BCUT2D eigenvalue weighted by molar-refractivity contribution is 6.62. The van der Waals surface area contributed by atoms with Crippen LogP contribution in [0.4, 0.5) is 0 Å². The molecule has 2 aliphatic heterocycles. The van der Waals surface area contributed by atoms with Crippen molar-refractivity contribution in [1.29, 1.82) is 0 Å². The van der Waals surface area contributed by atoms with Gasteiger partial charge in [-0.3, -0.25) is 0 Å². The third kappa shape index (κ3) is 3.69. The average molecular weight is 331 g/mol. The van der Waals surface area contributed by atoms with Crippen molar-refractivity contribution in [2.45, 2.75) is 71.2 Å². The van der Waals surface area contributed by atoms with Gasteiger partial charge in [-0.1, -0.05) is 18.2 Å². The van der Waals surface area contributed by atoms with E-state index in [9.17, 15) is 0 Å². The fourth-order valence-corrected chi connectivity index (χ4v) is 3.16. The monoisotopic (exact) mass is 331 g/mol. The van der Waals surface area contributed by atoms with Crippen LogP contribution in [0.5, 0.6) is 0 Å². The lowest BCUT2D eigenvalue weighted by Gasteiger charge is -2.32. The van der Waals surface area contributed by atoms with Crippen molar-refractivity contribution >= 4 is 12.6 Å². The second-order valence-electron chi connectivity index (χ2n) is 8.04. The summed E-state index contributed by atoms with van der Waals surface area (Å²) in [6, 6.07) is 7.07. The summed E-state index contributed by atoms with van der Waals surface area (Å²) in [5.74, 6) is 0. The minimum absolute atomic E-state index is 0.294. The highest BCUT2D eigenvalue weighted by Crippen LogP contribution is 2.36. The van der Waals surface area contributed by atoms with E-state index < -0.39 is 0 Å². The maximum Gasteiger partial charge on any atom is 0.494 e. The molecule has 0 spiro atoms. The number of rotatable bonds is 4. The third-order valence-corrected chi connectivity index (χ3v) is 5.70. The molecule has 0 saturated carbocycles. The molecule has 0 aromatic heterocycles. The van der Waals surface area contributed by atoms with E-state index in [0.717, 1.165) is 38.1 Å². The van der Waals surface area contributed by atoms with E-state index in [-0.39, 0.29) is 18.3 Å². The first kappa shape index (κ1) is 17.9. The van der Waals surface area contributed by atoms with E-state index in [2.05, 4.69) is 58.1 Å². The average Bonchev–Trinajstić information content (AvgIpc) is 2.75. The van der Waals surface area contributed by atoms with Crippen molar-refractivity contribution in [3.63, 3.8) is 0 Å². The fourth-order valence-electron chi connectivity index (χ4n) is 3.16. The zero-order chi connectivity index (χ0) is 17.4. The summed E-state index contributed by atoms with van der Waals surface area (Å²) in [6.07, 6.45) is 2.19. The van der Waals surface area contributed by atoms with Crippen molar-refractivity contribution in [2.75, 3.05) is 13.2 Å². The van der Waals surface area contributed by atoms with Gasteiger partial charge < -0.3 is 19.4 Å². The first-order valence-electron chi connectivity index (χ1n) is 9.05. The molecule has 24 heavy (non-hydrogen) atoms. The highest BCUT2D eigenvalue weighted by atomic mass is 16.7. The van der Waals surface area contributed by atoms with Gasteiger partial charge in [0.05, 0.1) is 11.2 Å². The van der Waals surface area contributed by atoms with Crippen molar-refractivity contribution in [3.8, 4) is 0 Å². The quantitative estimate of drug-likeness (QED) is 0.861. The molecule has 0 amide bonds. The van der Waals surface area contributed by atoms with E-state index in [0.29, 0.717) is 6.04 Å². The third-order valence-electron chi connectivity index (χ3n) is 5.70. The number of ether oxygens (including phenoxy) is 1. The summed E-state index contributed by atoms with van der Waals surface area (Å²) >= 11 is 0. The van der Waals surface area contributed by atoms with Crippen LogP contribution in [0.2, 0.25) is 0 Å². The van der Waals surface area contributed by atoms with Gasteiger partial charge in [-0.05, 0) is 64.1 Å². The van der Waals surface area contributed by atoms with Gasteiger partial charge in [0.2, 0.25) is 0 Å². The SMILES string of the molecule is Cc1ccc(B2OC(C)(C)C(C)(C)O2)cc1CNC1CCOCC1. The van der Waals surface area contributed by atoms with E-state index in [1.165, 1.54) is 11.1 Å². The van der Waals surface area contributed by atoms with Gasteiger partial charge in [-0.15, -0.1) is 0 Å². The first-order chi connectivity index (χ1) is 11.3. The Labute approximate surface area is 146 Å². The van der Waals surface area contributed by atoms with E-state index in [1.54, 1.807) is 0 Å². The summed E-state index contributed by atoms with van der Waals surface area (Å²) < 4.78 is 17.8. The summed E-state index contributed by atoms with van der Waals surface area (Å²) in [7, 11) is -0.294. The van der Waals surface area contributed by atoms with Crippen molar-refractivity contribution in [1.82, 2.24) is 5.32 Å². The van der Waals surface area contributed by atoms with Gasteiger partial charge in [0, 0.05) is 25.8 Å². The van der Waals surface area contributed by atoms with Crippen LogP contribution < -0.4 is 10.8 Å². The van der Waals surface area contributed by atoms with Crippen LogP contribution in [0.3, 0.4) is 0 Å². The minimum atomic E-state index is -0.303. The van der Waals surface area contributed by atoms with E-state index in [1.807, 2.05) is 0 Å². The Morgan fingerprint density at radius 1 is 1.08 bits per heavy atom. The maximum atomic E-state index is 6.18. The number of nitrogens with one attached hydrogen (secondary N) is 1. The Kier molecular flexibility index (Phi) is 5.08. The van der Waals surface area contributed by atoms with Crippen molar-refractivity contribution < 1.29 is 14.0 Å². The Bertz CT molecular complexity index is 566. The zero-order valence-corrected chi connectivity index (χ0v) is 15.6. The van der Waals surface area contributed by atoms with Crippen molar-refractivity contribution in [2.24, 2.45) is 0 Å². The van der Waals surface area contributed by atoms with Crippen molar-refractivity contribution in [3.05, 3.63) is 29.3 Å². The summed E-state index contributed by atoms with van der Waals surface area (Å²) in [6.45, 7) is 13.1. The lowest BCUT2D eigenvalue weighted by Crippen LogP contribution is -2.41. The molecule has 2 heterocycles. The molecule has 0 atom stereocenters. The molecule has 1 aromatic rings. The molecule has 5 heteroatoms. The van der Waals surface area contributed by atoms with Gasteiger partial charge >= 0.3 is 7.12 Å². The maximum absolute atomic E-state index is 6.18. The second-order valence-corrected chi connectivity index (χ2v) is 8.04. The number of aryl methyl sites for hydroxylation is 1. The van der Waals surface area contributed by atoms with Gasteiger partial charge in [-0.2, -0.15) is 0 Å². The molecule has 0 unspecified atom stereocenters. The number of hydrogen-bond acceptors (Lipinski definition) is 4. The molecule has 2 saturated heterocycles. The van der Waals surface area contributed by atoms with Crippen LogP contribution in [-0.4, -0.2) is 37.6 Å². The van der Waals surface area contributed by atoms with Gasteiger partial charge in [0.25, 0.3) is 0 Å².